The molecule has 2 heterocycles. The van der Waals surface area contributed by atoms with Crippen LogP contribution in [0.3, 0.4) is 0 Å². The van der Waals surface area contributed by atoms with Crippen molar-refractivity contribution >= 4 is 50.8 Å². The Balaban J connectivity index is 2.34. The second-order valence-corrected chi connectivity index (χ2v) is 6.98. The molecule has 2 rings (SSSR count). The summed E-state index contributed by atoms with van der Waals surface area (Å²) < 4.78 is 5.07. The van der Waals surface area contributed by atoms with Crippen LogP contribution in [0.4, 0.5) is 0 Å². The zero-order chi connectivity index (χ0) is 14.9. The molecule has 2 N–H and O–H groups in total. The molecule has 1 amide bonds. The van der Waals surface area contributed by atoms with Gasteiger partial charge in [-0.15, -0.1) is 23.4 Å². The molecule has 1 fully saturated rings. The van der Waals surface area contributed by atoms with E-state index in [-0.39, 0.29) is 17.0 Å². The molecule has 0 aromatic rings. The van der Waals surface area contributed by atoms with Crippen molar-refractivity contribution in [3.05, 3.63) is 23.4 Å². The Morgan fingerprint density at radius 2 is 2.45 bits per heavy atom. The fourth-order valence-corrected chi connectivity index (χ4v) is 3.72. The Morgan fingerprint density at radius 1 is 1.75 bits per heavy atom. The largest absolute Gasteiger partial charge is 0.452 e. The second-order valence-electron chi connectivity index (χ2n) is 4.29. The molecule has 0 saturated carbocycles. The summed E-state index contributed by atoms with van der Waals surface area (Å²) in [5.74, 6) is 0.0426. The number of carbonyl (C=O) groups excluding carboxylic acids is 2. The van der Waals surface area contributed by atoms with Crippen molar-refractivity contribution < 1.29 is 14.1 Å². The third-order valence-corrected chi connectivity index (χ3v) is 4.82. The lowest BCUT2D eigenvalue weighted by atomic mass is 10.0. The summed E-state index contributed by atoms with van der Waals surface area (Å²) in [6, 6.07) is -0.567. The fourth-order valence-electron chi connectivity index (χ4n) is 2.02. The van der Waals surface area contributed by atoms with Crippen LogP contribution in [0.25, 0.3) is 0 Å². The third kappa shape index (κ3) is 2.91. The Hall–Kier alpha value is -0.485. The molecule has 9 heteroatoms. The molecule has 2 aliphatic heterocycles. The van der Waals surface area contributed by atoms with Crippen molar-refractivity contribution in [2.24, 2.45) is 5.73 Å². The number of carbonyl (C=O) groups is 2. The van der Waals surface area contributed by atoms with Crippen molar-refractivity contribution in [2.45, 2.75) is 11.4 Å². The van der Waals surface area contributed by atoms with Crippen molar-refractivity contribution in [2.75, 3.05) is 18.3 Å². The van der Waals surface area contributed by atoms with Crippen LogP contribution in [0.2, 0.25) is 0 Å². The number of nitrogens with two attached hydrogens (primary N) is 1. The van der Waals surface area contributed by atoms with Gasteiger partial charge in [-0.3, -0.25) is 9.69 Å². The molecule has 0 aromatic heterocycles. The van der Waals surface area contributed by atoms with Crippen LogP contribution in [-0.2, 0) is 14.1 Å². The molecular weight excluding hydrogens is 317 g/mol. The van der Waals surface area contributed by atoms with Gasteiger partial charge in [0.1, 0.15) is 17.1 Å². The quantitative estimate of drug-likeness (QED) is 0.359. The molecule has 1 saturated heterocycles. The minimum absolute atomic E-state index is 0.209. The first-order valence-electron chi connectivity index (χ1n) is 5.84. The summed E-state index contributed by atoms with van der Waals surface area (Å²) in [5, 5.41) is -0.209. The average Bonchev–Trinajstić information content (AvgIpc) is 2.42. The first-order valence-corrected chi connectivity index (χ1v) is 9.20. The van der Waals surface area contributed by atoms with Gasteiger partial charge in [0.05, 0.1) is 0 Å². The minimum atomic E-state index is -1.34. The van der Waals surface area contributed by atoms with Gasteiger partial charge in [-0.2, -0.15) is 0 Å². The lowest BCUT2D eigenvalue weighted by Gasteiger charge is -2.48. The highest BCUT2D eigenvalue weighted by Gasteiger charge is 2.51. The number of fused-ring (bicyclic) bond motifs is 1. The summed E-state index contributed by atoms with van der Waals surface area (Å²) >= 11 is 7.13. The van der Waals surface area contributed by atoms with E-state index in [1.165, 1.54) is 16.7 Å². The zero-order valence-corrected chi connectivity index (χ0v) is 13.3. The predicted octanol–water partition coefficient (Wildman–Crippen LogP) is 0.931. The van der Waals surface area contributed by atoms with Gasteiger partial charge in [-0.25, -0.2) is 4.79 Å². The van der Waals surface area contributed by atoms with Crippen molar-refractivity contribution in [3.63, 3.8) is 0 Å². The van der Waals surface area contributed by atoms with Crippen LogP contribution in [0.15, 0.2) is 23.4 Å². The highest BCUT2D eigenvalue weighted by molar-refractivity contribution is 8.00. The first-order chi connectivity index (χ1) is 9.47. The predicted molar refractivity (Wildman–Crippen MR) is 82.6 cm³/mol. The maximum absolute atomic E-state index is 12.2. The number of amides is 1. The average molecular weight is 331 g/mol. The number of rotatable bonds is 4. The second kappa shape index (κ2) is 6.52. The molecule has 0 bridgehead atoms. The summed E-state index contributed by atoms with van der Waals surface area (Å²) in [6.45, 7) is 1.61. The lowest BCUT2D eigenvalue weighted by Crippen LogP contribution is -2.68. The molecule has 5 nitrogen and oxygen atoms in total. The number of β-lactam (4-membered cyclic amide) rings is 1. The van der Waals surface area contributed by atoms with Gasteiger partial charge in [-0.1, -0.05) is 12.2 Å². The van der Waals surface area contributed by atoms with E-state index in [0.29, 0.717) is 17.2 Å². The molecule has 2 aliphatic rings. The van der Waals surface area contributed by atoms with E-state index < -0.39 is 20.0 Å². The fraction of sp³-hybridized carbons (Fsp3) is 0.455. The van der Waals surface area contributed by atoms with Crippen LogP contribution in [0.1, 0.15) is 0 Å². The van der Waals surface area contributed by atoms with Gasteiger partial charge in [0.15, 0.2) is 7.57 Å². The van der Waals surface area contributed by atoms with Crippen LogP contribution < -0.4 is 5.73 Å². The standard InChI is InChI=1S/C11H13BClN2O3PS/c1-19(12)18-11(17)8-6(3-2-4-13)5-20-10-7(14)9(16)15(8)10/h2-3,7,10H,4-5,14H2,1H3/b3-2+/t7-,10?,19?/m1/s1. The zero-order valence-electron chi connectivity index (χ0n) is 10.8. The van der Waals surface area contributed by atoms with E-state index >= 15 is 0 Å². The van der Waals surface area contributed by atoms with Crippen molar-refractivity contribution in [3.8, 4) is 0 Å². The van der Waals surface area contributed by atoms with E-state index in [1.807, 2.05) is 0 Å². The molecule has 3 atom stereocenters. The van der Waals surface area contributed by atoms with E-state index in [2.05, 4.69) is 0 Å². The van der Waals surface area contributed by atoms with Gasteiger partial charge in [-0.05, 0) is 12.2 Å². The van der Waals surface area contributed by atoms with Crippen LogP contribution in [0, 0.1) is 0 Å². The van der Waals surface area contributed by atoms with Gasteiger partial charge in [0, 0.05) is 19.7 Å². The summed E-state index contributed by atoms with van der Waals surface area (Å²) in [4.78, 5) is 25.5. The highest BCUT2D eigenvalue weighted by atomic mass is 35.5. The number of halogens is 1. The molecular formula is C11H13BClN2O3PS. The van der Waals surface area contributed by atoms with E-state index in [0.717, 1.165) is 0 Å². The summed E-state index contributed by atoms with van der Waals surface area (Å²) in [7, 11) is 4.19. The maximum atomic E-state index is 12.2. The van der Waals surface area contributed by atoms with Crippen molar-refractivity contribution in [1.29, 1.82) is 0 Å². The monoisotopic (exact) mass is 330 g/mol. The third-order valence-electron chi connectivity index (χ3n) is 2.87. The van der Waals surface area contributed by atoms with Crippen LogP contribution in [-0.4, -0.2) is 54.1 Å². The Labute approximate surface area is 129 Å². The SMILES string of the molecule is [B]P(C)OC(=O)C1=C(/C=C/CCl)CSC2[C@H](N)C(=O)N12. The number of allylic oxidation sites excluding steroid dienone is 2. The highest BCUT2D eigenvalue weighted by Crippen LogP contribution is 2.41. The van der Waals surface area contributed by atoms with E-state index in [1.54, 1.807) is 18.8 Å². The summed E-state index contributed by atoms with van der Waals surface area (Å²) in [6.07, 6.45) is 3.45. The number of nitrogens with zero attached hydrogens (tertiary/aromatic N) is 1. The number of hydrogen-bond donors (Lipinski definition) is 1. The van der Waals surface area contributed by atoms with E-state index in [4.69, 9.17) is 29.4 Å². The molecule has 106 valence electrons. The molecule has 0 aliphatic carbocycles. The van der Waals surface area contributed by atoms with Crippen molar-refractivity contribution in [1.82, 2.24) is 4.90 Å². The number of hydrogen-bond acceptors (Lipinski definition) is 5. The summed E-state index contributed by atoms with van der Waals surface area (Å²) in [5.41, 5.74) is 6.68. The molecule has 0 aromatic carbocycles. The smallest absolute Gasteiger partial charge is 0.357 e. The van der Waals surface area contributed by atoms with Gasteiger partial charge in [0.25, 0.3) is 0 Å². The minimum Gasteiger partial charge on any atom is -0.452 e. The van der Waals surface area contributed by atoms with Crippen LogP contribution >= 0.6 is 31.4 Å². The topological polar surface area (TPSA) is 72.6 Å². The molecule has 2 unspecified atom stereocenters. The Kier molecular flexibility index (Phi) is 5.18. The number of thioether (sulfide) groups is 1. The van der Waals surface area contributed by atoms with Gasteiger partial charge >= 0.3 is 5.97 Å². The Morgan fingerprint density at radius 3 is 3.05 bits per heavy atom. The molecule has 20 heavy (non-hydrogen) atoms. The normalized spacial score (nSPS) is 27.4. The lowest BCUT2D eigenvalue weighted by molar-refractivity contribution is -0.146. The van der Waals surface area contributed by atoms with Gasteiger partial charge < -0.3 is 10.3 Å². The maximum Gasteiger partial charge on any atom is 0.357 e. The molecule has 0 spiro atoms. The first kappa shape index (κ1) is 15.9. The van der Waals surface area contributed by atoms with Gasteiger partial charge in [0.2, 0.25) is 5.91 Å². The number of alkyl halides is 1. The molecule has 2 radical (unpaired) electrons. The Bertz CT molecular complexity index is 500. The van der Waals surface area contributed by atoms with E-state index in [9.17, 15) is 9.59 Å². The van der Waals surface area contributed by atoms with Crippen LogP contribution in [0.5, 0.6) is 0 Å².